The van der Waals surface area contributed by atoms with E-state index < -0.39 is 8.07 Å². The Morgan fingerprint density at radius 2 is 1.53 bits per heavy atom. The Balaban J connectivity index is 3.08. The van der Waals surface area contributed by atoms with E-state index in [-0.39, 0.29) is 0 Å². The lowest BCUT2D eigenvalue weighted by Gasteiger charge is -2.11. The van der Waals surface area contributed by atoms with Crippen molar-refractivity contribution in [2.75, 3.05) is 0 Å². The van der Waals surface area contributed by atoms with Crippen LogP contribution in [0.4, 0.5) is 0 Å². The Labute approximate surface area is 95.0 Å². The maximum atomic E-state index is 2.41. The molecule has 1 rings (SSSR count). The van der Waals surface area contributed by atoms with Crippen LogP contribution in [0.2, 0.25) is 19.6 Å². The average Bonchev–Trinajstić information content (AvgIpc) is 2.12. The quantitative estimate of drug-likeness (QED) is 0.641. The summed E-state index contributed by atoms with van der Waals surface area (Å²) in [7, 11) is -1.07. The number of hydrogen-bond donors (Lipinski definition) is 0. The first kappa shape index (κ1) is 12.2. The molecule has 0 saturated carbocycles. The Hall–Kier alpha value is -0.823. The van der Waals surface area contributed by atoms with Gasteiger partial charge in [-0.15, -0.1) is 0 Å². The van der Waals surface area contributed by atoms with Gasteiger partial charge in [-0.05, 0) is 43.0 Å². The standard InChI is InChI=1S/C14H22Si/c1-11-7-8-14(13(3)12(11)2)9-10-15(4,5)6/h7-10H,1-6H3/b10-9+. The summed E-state index contributed by atoms with van der Waals surface area (Å²) in [6, 6.07) is 4.44. The number of rotatable bonds is 2. The Morgan fingerprint density at radius 1 is 0.933 bits per heavy atom. The van der Waals surface area contributed by atoms with Gasteiger partial charge in [-0.3, -0.25) is 0 Å². The third kappa shape index (κ3) is 3.35. The molecule has 0 atom stereocenters. The highest BCUT2D eigenvalue weighted by atomic mass is 28.3. The molecule has 15 heavy (non-hydrogen) atoms. The third-order valence-electron chi connectivity index (χ3n) is 2.86. The van der Waals surface area contributed by atoms with Crippen molar-refractivity contribution in [3.63, 3.8) is 0 Å². The van der Waals surface area contributed by atoms with Crippen molar-refractivity contribution in [2.24, 2.45) is 0 Å². The molecule has 0 fully saturated rings. The number of aryl methyl sites for hydroxylation is 1. The summed E-state index contributed by atoms with van der Waals surface area (Å²) >= 11 is 0. The summed E-state index contributed by atoms with van der Waals surface area (Å²) in [6.45, 7) is 13.7. The summed E-state index contributed by atoms with van der Waals surface area (Å²) in [4.78, 5) is 0. The second-order valence-electron chi connectivity index (χ2n) is 5.42. The first-order chi connectivity index (χ1) is 6.81. The van der Waals surface area contributed by atoms with E-state index in [4.69, 9.17) is 0 Å². The zero-order valence-corrected chi connectivity index (χ0v) is 11.8. The van der Waals surface area contributed by atoms with Crippen LogP contribution in [0, 0.1) is 20.8 Å². The molecule has 0 amide bonds. The van der Waals surface area contributed by atoms with Crippen molar-refractivity contribution < 1.29 is 0 Å². The van der Waals surface area contributed by atoms with Crippen molar-refractivity contribution in [1.29, 1.82) is 0 Å². The van der Waals surface area contributed by atoms with Gasteiger partial charge < -0.3 is 0 Å². The van der Waals surface area contributed by atoms with Gasteiger partial charge in [-0.25, -0.2) is 0 Å². The van der Waals surface area contributed by atoms with Crippen LogP contribution in [-0.2, 0) is 0 Å². The summed E-state index contributed by atoms with van der Waals surface area (Å²) in [6.07, 6.45) is 2.30. The van der Waals surface area contributed by atoms with Crippen LogP contribution in [0.3, 0.4) is 0 Å². The SMILES string of the molecule is Cc1ccc(/C=C/[Si](C)(C)C)c(C)c1C. The summed E-state index contributed by atoms with van der Waals surface area (Å²) in [5, 5.41) is 0. The van der Waals surface area contributed by atoms with Crippen molar-refractivity contribution in [1.82, 2.24) is 0 Å². The van der Waals surface area contributed by atoms with Gasteiger partial charge in [0.15, 0.2) is 0 Å². The summed E-state index contributed by atoms with van der Waals surface area (Å²) in [5.74, 6) is 0. The molecule has 1 aromatic carbocycles. The van der Waals surface area contributed by atoms with Crippen molar-refractivity contribution in [3.05, 3.63) is 40.1 Å². The first-order valence-corrected chi connectivity index (χ1v) is 9.15. The highest BCUT2D eigenvalue weighted by Crippen LogP contribution is 2.19. The van der Waals surface area contributed by atoms with Gasteiger partial charge in [0.25, 0.3) is 0 Å². The monoisotopic (exact) mass is 218 g/mol. The lowest BCUT2D eigenvalue weighted by Crippen LogP contribution is -2.15. The predicted molar refractivity (Wildman–Crippen MR) is 73.0 cm³/mol. The molecule has 0 heterocycles. The molecule has 0 spiro atoms. The summed E-state index contributed by atoms with van der Waals surface area (Å²) in [5.41, 5.74) is 8.01. The van der Waals surface area contributed by atoms with Crippen molar-refractivity contribution in [2.45, 2.75) is 40.4 Å². The fourth-order valence-corrected chi connectivity index (χ4v) is 2.18. The minimum atomic E-state index is -1.07. The van der Waals surface area contributed by atoms with E-state index in [0.29, 0.717) is 0 Å². The summed E-state index contributed by atoms with van der Waals surface area (Å²) < 4.78 is 0. The smallest absolute Gasteiger partial charge is 0.0687 e. The van der Waals surface area contributed by atoms with Crippen LogP contribution < -0.4 is 0 Å². The molecule has 0 aliphatic carbocycles. The molecule has 82 valence electrons. The molecule has 0 aromatic heterocycles. The predicted octanol–water partition coefficient (Wildman–Crippen LogP) is 4.50. The van der Waals surface area contributed by atoms with E-state index in [0.717, 1.165) is 0 Å². The van der Waals surface area contributed by atoms with Gasteiger partial charge >= 0.3 is 0 Å². The number of hydrogen-bond acceptors (Lipinski definition) is 0. The second kappa shape index (κ2) is 4.36. The topological polar surface area (TPSA) is 0 Å². The molecular weight excluding hydrogens is 196 g/mol. The Kier molecular flexibility index (Phi) is 3.56. The molecule has 0 aliphatic rings. The van der Waals surface area contributed by atoms with Gasteiger partial charge in [-0.1, -0.05) is 43.5 Å². The minimum absolute atomic E-state index is 1.07. The molecule has 0 nitrogen and oxygen atoms in total. The zero-order valence-electron chi connectivity index (χ0n) is 10.8. The molecule has 0 bridgehead atoms. The van der Waals surface area contributed by atoms with Gasteiger partial charge in [-0.2, -0.15) is 0 Å². The van der Waals surface area contributed by atoms with Crippen LogP contribution in [-0.4, -0.2) is 8.07 Å². The highest BCUT2D eigenvalue weighted by molar-refractivity contribution is 6.81. The second-order valence-corrected chi connectivity index (χ2v) is 10.5. The lowest BCUT2D eigenvalue weighted by molar-refractivity contribution is 1.26. The maximum Gasteiger partial charge on any atom is 0.0687 e. The van der Waals surface area contributed by atoms with E-state index >= 15 is 0 Å². The molecule has 0 radical (unpaired) electrons. The van der Waals surface area contributed by atoms with E-state index in [2.05, 4.69) is 64.3 Å². The van der Waals surface area contributed by atoms with E-state index in [1.165, 1.54) is 22.3 Å². The van der Waals surface area contributed by atoms with E-state index in [1.54, 1.807) is 0 Å². The molecule has 0 aliphatic heterocycles. The van der Waals surface area contributed by atoms with Crippen LogP contribution >= 0.6 is 0 Å². The molecular formula is C14H22Si. The fourth-order valence-electron chi connectivity index (χ4n) is 1.50. The Morgan fingerprint density at radius 3 is 2.07 bits per heavy atom. The third-order valence-corrected chi connectivity index (χ3v) is 4.03. The van der Waals surface area contributed by atoms with Crippen LogP contribution in [0.15, 0.2) is 17.8 Å². The van der Waals surface area contributed by atoms with Gasteiger partial charge in [0.1, 0.15) is 0 Å². The van der Waals surface area contributed by atoms with Crippen LogP contribution in [0.5, 0.6) is 0 Å². The van der Waals surface area contributed by atoms with Crippen molar-refractivity contribution in [3.8, 4) is 0 Å². The molecule has 0 saturated heterocycles. The van der Waals surface area contributed by atoms with Crippen LogP contribution in [0.1, 0.15) is 22.3 Å². The van der Waals surface area contributed by atoms with Gasteiger partial charge in [0.2, 0.25) is 0 Å². The maximum absolute atomic E-state index is 2.41. The lowest BCUT2D eigenvalue weighted by atomic mass is 9.99. The van der Waals surface area contributed by atoms with E-state index in [1.807, 2.05) is 0 Å². The normalized spacial score (nSPS) is 12.4. The zero-order chi connectivity index (χ0) is 11.6. The van der Waals surface area contributed by atoms with Gasteiger partial charge in [0, 0.05) is 0 Å². The molecule has 1 heteroatoms. The molecule has 0 unspecified atom stereocenters. The molecule has 1 aromatic rings. The van der Waals surface area contributed by atoms with Crippen LogP contribution in [0.25, 0.3) is 6.08 Å². The highest BCUT2D eigenvalue weighted by Gasteiger charge is 2.07. The van der Waals surface area contributed by atoms with Gasteiger partial charge in [0.05, 0.1) is 8.07 Å². The average molecular weight is 218 g/mol. The van der Waals surface area contributed by atoms with E-state index in [9.17, 15) is 0 Å². The first-order valence-electron chi connectivity index (χ1n) is 5.57. The Bertz CT molecular complexity index is 381. The fraction of sp³-hybridized carbons (Fsp3) is 0.429. The minimum Gasteiger partial charge on any atom is -0.0944 e. The van der Waals surface area contributed by atoms with Crippen molar-refractivity contribution >= 4 is 14.1 Å². The molecule has 0 N–H and O–H groups in total. The largest absolute Gasteiger partial charge is 0.0944 e. The number of benzene rings is 1.